The SMILES string of the molecule is COc1ccc([N+](=O)[O-])cc1NCc1cc(Br)c(Br)s1. The van der Waals surface area contributed by atoms with E-state index in [2.05, 4.69) is 37.2 Å². The van der Waals surface area contributed by atoms with Crippen molar-refractivity contribution >= 4 is 54.6 Å². The van der Waals surface area contributed by atoms with Gasteiger partial charge in [-0.25, -0.2) is 0 Å². The van der Waals surface area contributed by atoms with E-state index in [1.165, 1.54) is 19.2 Å². The molecule has 1 aromatic heterocycles. The summed E-state index contributed by atoms with van der Waals surface area (Å²) in [4.78, 5) is 11.5. The summed E-state index contributed by atoms with van der Waals surface area (Å²) in [5, 5.41) is 14.0. The van der Waals surface area contributed by atoms with Crippen LogP contribution in [0.1, 0.15) is 4.88 Å². The van der Waals surface area contributed by atoms with Crippen LogP contribution in [-0.2, 0) is 6.54 Å². The molecule has 2 aromatic rings. The average molecular weight is 422 g/mol. The summed E-state index contributed by atoms with van der Waals surface area (Å²) in [5.74, 6) is 0.574. The summed E-state index contributed by atoms with van der Waals surface area (Å²) in [6.07, 6.45) is 0. The van der Waals surface area contributed by atoms with E-state index in [0.717, 1.165) is 13.1 Å². The lowest BCUT2D eigenvalue weighted by Crippen LogP contribution is -2.01. The zero-order valence-electron chi connectivity index (χ0n) is 10.4. The predicted molar refractivity (Wildman–Crippen MR) is 86.7 cm³/mol. The van der Waals surface area contributed by atoms with Gasteiger partial charge in [0.2, 0.25) is 0 Å². The first-order valence-corrected chi connectivity index (χ1v) is 7.91. The van der Waals surface area contributed by atoms with Crippen molar-refractivity contribution in [2.45, 2.75) is 6.54 Å². The van der Waals surface area contributed by atoms with Crippen LogP contribution in [0.5, 0.6) is 5.75 Å². The van der Waals surface area contributed by atoms with Crippen LogP contribution in [0.3, 0.4) is 0 Å². The number of nitrogens with one attached hydrogen (secondary N) is 1. The molecule has 0 unspecified atom stereocenters. The van der Waals surface area contributed by atoms with Gasteiger partial charge in [-0.15, -0.1) is 11.3 Å². The molecular formula is C12H10Br2N2O3S. The van der Waals surface area contributed by atoms with Crippen molar-refractivity contribution in [2.75, 3.05) is 12.4 Å². The van der Waals surface area contributed by atoms with Crippen LogP contribution >= 0.6 is 43.2 Å². The first kappa shape index (κ1) is 15.3. The number of nitro groups is 1. The summed E-state index contributed by atoms with van der Waals surface area (Å²) in [6.45, 7) is 0.562. The van der Waals surface area contributed by atoms with Gasteiger partial charge in [0.05, 0.1) is 21.5 Å². The molecule has 0 radical (unpaired) electrons. The Bertz CT molecular complexity index is 626. The third-order valence-electron chi connectivity index (χ3n) is 2.54. The van der Waals surface area contributed by atoms with Crippen LogP contribution in [0.15, 0.2) is 32.5 Å². The largest absolute Gasteiger partial charge is 0.495 e. The Kier molecular flexibility index (Phi) is 5.00. The minimum Gasteiger partial charge on any atom is -0.495 e. The summed E-state index contributed by atoms with van der Waals surface area (Å²) < 4.78 is 7.20. The number of thiophene rings is 1. The lowest BCUT2D eigenvalue weighted by Gasteiger charge is -2.10. The highest BCUT2D eigenvalue weighted by atomic mass is 79.9. The highest BCUT2D eigenvalue weighted by molar-refractivity contribution is 9.13. The highest BCUT2D eigenvalue weighted by Gasteiger charge is 2.12. The lowest BCUT2D eigenvalue weighted by molar-refractivity contribution is -0.384. The van der Waals surface area contributed by atoms with E-state index in [1.54, 1.807) is 17.4 Å². The first-order chi connectivity index (χ1) is 9.51. The van der Waals surface area contributed by atoms with E-state index < -0.39 is 4.92 Å². The van der Waals surface area contributed by atoms with Gasteiger partial charge in [0.25, 0.3) is 5.69 Å². The minimum absolute atomic E-state index is 0.0295. The van der Waals surface area contributed by atoms with Gasteiger partial charge in [0, 0.05) is 28.0 Å². The fourth-order valence-electron chi connectivity index (χ4n) is 1.61. The number of hydrogen-bond acceptors (Lipinski definition) is 5. The van der Waals surface area contributed by atoms with Gasteiger partial charge in [0.1, 0.15) is 5.75 Å². The molecule has 0 amide bonds. The van der Waals surface area contributed by atoms with Crippen molar-refractivity contribution in [3.8, 4) is 5.75 Å². The van der Waals surface area contributed by atoms with Gasteiger partial charge < -0.3 is 10.1 Å². The maximum Gasteiger partial charge on any atom is 0.271 e. The summed E-state index contributed by atoms with van der Waals surface area (Å²) in [5.41, 5.74) is 0.629. The molecule has 0 aliphatic heterocycles. The highest BCUT2D eigenvalue weighted by Crippen LogP contribution is 2.34. The second kappa shape index (κ2) is 6.55. The van der Waals surface area contributed by atoms with Crippen molar-refractivity contribution in [1.29, 1.82) is 0 Å². The van der Waals surface area contributed by atoms with Crippen molar-refractivity contribution in [1.82, 2.24) is 0 Å². The Morgan fingerprint density at radius 2 is 2.15 bits per heavy atom. The second-order valence-corrected chi connectivity index (χ2v) is 7.14. The molecular weight excluding hydrogens is 412 g/mol. The summed E-state index contributed by atoms with van der Waals surface area (Å²) >= 11 is 8.44. The van der Waals surface area contributed by atoms with Crippen molar-refractivity contribution in [3.05, 3.63) is 47.5 Å². The van der Waals surface area contributed by atoms with Crippen LogP contribution in [0.25, 0.3) is 0 Å². The third kappa shape index (κ3) is 3.50. The molecule has 0 atom stereocenters. The molecule has 0 saturated carbocycles. The molecule has 0 aliphatic carbocycles. The molecule has 0 bridgehead atoms. The third-order valence-corrected chi connectivity index (χ3v) is 5.80. The Labute approximate surface area is 136 Å². The molecule has 2 rings (SSSR count). The maximum atomic E-state index is 10.8. The van der Waals surface area contributed by atoms with Crippen molar-refractivity contribution in [2.24, 2.45) is 0 Å². The topological polar surface area (TPSA) is 64.4 Å². The van der Waals surface area contributed by atoms with Crippen molar-refractivity contribution < 1.29 is 9.66 Å². The zero-order chi connectivity index (χ0) is 14.7. The number of non-ortho nitro benzene ring substituents is 1. The van der Waals surface area contributed by atoms with Gasteiger partial charge in [-0.2, -0.15) is 0 Å². The zero-order valence-corrected chi connectivity index (χ0v) is 14.3. The number of nitrogens with zero attached hydrogens (tertiary/aromatic N) is 1. The van der Waals surface area contributed by atoms with E-state index >= 15 is 0 Å². The van der Waals surface area contributed by atoms with Gasteiger partial charge in [-0.3, -0.25) is 10.1 Å². The Hall–Kier alpha value is -1.12. The molecule has 0 saturated heterocycles. The Morgan fingerprint density at radius 3 is 2.70 bits per heavy atom. The second-order valence-electron chi connectivity index (χ2n) is 3.83. The fraction of sp³-hybridized carbons (Fsp3) is 0.167. The molecule has 1 N–H and O–H groups in total. The average Bonchev–Trinajstić information content (AvgIpc) is 2.75. The van der Waals surface area contributed by atoms with Crippen LogP contribution in [0.2, 0.25) is 0 Å². The molecule has 1 aromatic carbocycles. The number of rotatable bonds is 5. The van der Waals surface area contributed by atoms with E-state index in [0.29, 0.717) is 18.0 Å². The molecule has 106 valence electrons. The summed E-state index contributed by atoms with van der Waals surface area (Å²) in [6, 6.07) is 6.46. The van der Waals surface area contributed by atoms with Gasteiger partial charge in [0.15, 0.2) is 0 Å². The van der Waals surface area contributed by atoms with Crippen molar-refractivity contribution in [3.63, 3.8) is 0 Å². The lowest BCUT2D eigenvalue weighted by atomic mass is 10.2. The number of benzene rings is 1. The van der Waals surface area contributed by atoms with Crippen LogP contribution in [-0.4, -0.2) is 12.0 Å². The molecule has 8 heteroatoms. The first-order valence-electron chi connectivity index (χ1n) is 5.51. The number of hydrogen-bond donors (Lipinski definition) is 1. The van der Waals surface area contributed by atoms with Gasteiger partial charge in [-0.05, 0) is 44.0 Å². The van der Waals surface area contributed by atoms with E-state index in [1.807, 2.05) is 6.07 Å². The van der Waals surface area contributed by atoms with Gasteiger partial charge >= 0.3 is 0 Å². The normalized spacial score (nSPS) is 10.3. The number of nitro benzene ring substituents is 1. The molecule has 5 nitrogen and oxygen atoms in total. The predicted octanol–water partition coefficient (Wildman–Crippen LogP) is 4.80. The molecule has 1 heterocycles. The minimum atomic E-state index is -0.428. The van der Waals surface area contributed by atoms with Crippen LogP contribution in [0, 0.1) is 10.1 Å². The Balaban J connectivity index is 2.18. The number of halogens is 2. The molecule has 20 heavy (non-hydrogen) atoms. The smallest absolute Gasteiger partial charge is 0.271 e. The monoisotopic (exact) mass is 420 g/mol. The van der Waals surface area contributed by atoms with E-state index in [-0.39, 0.29) is 5.69 Å². The Morgan fingerprint density at radius 1 is 1.40 bits per heavy atom. The number of ether oxygens (including phenoxy) is 1. The van der Waals surface area contributed by atoms with Gasteiger partial charge in [-0.1, -0.05) is 0 Å². The quantitative estimate of drug-likeness (QED) is 0.556. The molecule has 0 spiro atoms. The standard InChI is InChI=1S/C12H10Br2N2O3S/c1-19-11-3-2-7(16(17)18)4-10(11)15-6-8-5-9(13)12(14)20-8/h2-5,15H,6H2,1H3. The van der Waals surface area contributed by atoms with E-state index in [9.17, 15) is 10.1 Å². The number of methoxy groups -OCH3 is 1. The number of anilines is 1. The van der Waals surface area contributed by atoms with E-state index in [4.69, 9.17) is 4.74 Å². The summed E-state index contributed by atoms with van der Waals surface area (Å²) in [7, 11) is 1.53. The molecule has 0 fully saturated rings. The fourth-order valence-corrected chi connectivity index (χ4v) is 3.73. The van der Waals surface area contributed by atoms with Crippen LogP contribution < -0.4 is 10.1 Å². The van der Waals surface area contributed by atoms with Crippen LogP contribution in [0.4, 0.5) is 11.4 Å². The molecule has 0 aliphatic rings. The maximum absolute atomic E-state index is 10.8.